The van der Waals surface area contributed by atoms with Crippen LogP contribution >= 0.6 is 0 Å². The van der Waals surface area contributed by atoms with E-state index in [-0.39, 0.29) is 23.5 Å². The molecule has 0 bridgehead atoms. The summed E-state index contributed by atoms with van der Waals surface area (Å²) in [6, 6.07) is 14.7. The van der Waals surface area contributed by atoms with Crippen LogP contribution in [0.5, 0.6) is 0 Å². The van der Waals surface area contributed by atoms with Gasteiger partial charge >= 0.3 is 0 Å². The molecule has 3 aromatic rings. The van der Waals surface area contributed by atoms with Gasteiger partial charge in [0.05, 0.1) is 17.7 Å². The average Bonchev–Trinajstić information content (AvgIpc) is 3.32. The van der Waals surface area contributed by atoms with E-state index >= 15 is 0 Å². The molecule has 0 saturated carbocycles. The van der Waals surface area contributed by atoms with Crippen molar-refractivity contribution in [3.05, 3.63) is 83.3 Å². The summed E-state index contributed by atoms with van der Waals surface area (Å²) in [5, 5.41) is 7.08. The molecule has 4 rings (SSSR count). The van der Waals surface area contributed by atoms with E-state index in [4.69, 9.17) is 0 Å². The zero-order valence-electron chi connectivity index (χ0n) is 17.5. The lowest BCUT2D eigenvalue weighted by Gasteiger charge is -2.13. The molecule has 0 saturated heterocycles. The Morgan fingerprint density at radius 3 is 2.28 bits per heavy atom. The maximum absolute atomic E-state index is 13.0. The maximum Gasteiger partial charge on any atom is 0.261 e. The molecule has 0 unspecified atom stereocenters. The van der Waals surface area contributed by atoms with Gasteiger partial charge in [-0.2, -0.15) is 5.10 Å². The highest BCUT2D eigenvalue weighted by Crippen LogP contribution is 2.22. The molecule has 1 N–H and O–H groups in total. The quantitative estimate of drug-likeness (QED) is 0.409. The fraction of sp³-hybridized carbons (Fsp3) is 0.250. The van der Waals surface area contributed by atoms with Gasteiger partial charge in [-0.05, 0) is 42.7 Å². The van der Waals surface area contributed by atoms with E-state index in [0.29, 0.717) is 49.3 Å². The smallest absolute Gasteiger partial charge is 0.261 e. The number of hydrogen-bond acceptors (Lipinski definition) is 4. The molecule has 2 heterocycles. The van der Waals surface area contributed by atoms with Crippen LogP contribution in [0.2, 0.25) is 0 Å². The molecule has 8 heteroatoms. The summed E-state index contributed by atoms with van der Waals surface area (Å²) in [4.78, 5) is 38.1. The number of anilines is 1. The number of amides is 3. The van der Waals surface area contributed by atoms with E-state index < -0.39 is 0 Å². The Morgan fingerprint density at radius 2 is 1.59 bits per heavy atom. The molecule has 7 nitrogen and oxygen atoms in total. The largest absolute Gasteiger partial charge is 0.309 e. The van der Waals surface area contributed by atoms with Gasteiger partial charge in [-0.25, -0.2) is 4.39 Å². The van der Waals surface area contributed by atoms with Gasteiger partial charge in [-0.1, -0.05) is 30.7 Å². The van der Waals surface area contributed by atoms with Crippen molar-refractivity contribution in [3.63, 3.8) is 0 Å². The van der Waals surface area contributed by atoms with Crippen molar-refractivity contribution in [1.29, 1.82) is 0 Å². The highest BCUT2D eigenvalue weighted by molar-refractivity contribution is 6.21. The fourth-order valence-electron chi connectivity index (χ4n) is 3.67. The molecular formula is C24H23FN4O3. The van der Waals surface area contributed by atoms with Crippen molar-refractivity contribution in [2.24, 2.45) is 0 Å². The standard InChI is InChI=1S/C24H23FN4O3/c25-18-11-9-17(10-12-18)16-28-15-13-21(27-28)26-22(30)8-2-1-5-14-29-23(31)19-6-3-4-7-20(19)24(29)32/h3-4,6-7,9-13,15H,1-2,5,8,14,16H2,(H,26,27,30). The number of fused-ring (bicyclic) bond motifs is 1. The minimum atomic E-state index is -0.286. The maximum atomic E-state index is 13.0. The van der Waals surface area contributed by atoms with Crippen molar-refractivity contribution in [3.8, 4) is 0 Å². The van der Waals surface area contributed by atoms with Gasteiger partial charge in [0, 0.05) is 25.2 Å². The van der Waals surface area contributed by atoms with Crippen LogP contribution in [0.15, 0.2) is 60.8 Å². The van der Waals surface area contributed by atoms with E-state index in [1.165, 1.54) is 17.0 Å². The number of halogens is 1. The third kappa shape index (κ3) is 4.91. The lowest BCUT2D eigenvalue weighted by atomic mass is 10.1. The number of rotatable bonds is 9. The molecule has 0 spiro atoms. The first kappa shape index (κ1) is 21.4. The number of unbranched alkanes of at least 4 members (excludes halogenated alkanes) is 2. The van der Waals surface area contributed by atoms with Crippen LogP contribution in [0.1, 0.15) is 52.0 Å². The lowest BCUT2D eigenvalue weighted by molar-refractivity contribution is -0.116. The summed E-state index contributed by atoms with van der Waals surface area (Å²) in [6.07, 6.45) is 4.09. The van der Waals surface area contributed by atoms with Crippen LogP contribution in [0, 0.1) is 5.82 Å². The Morgan fingerprint density at radius 1 is 0.906 bits per heavy atom. The number of nitrogens with zero attached hydrogens (tertiary/aromatic N) is 3. The Balaban J connectivity index is 1.16. The van der Waals surface area contributed by atoms with Crippen LogP contribution in [0.25, 0.3) is 0 Å². The van der Waals surface area contributed by atoms with Gasteiger partial charge in [0.25, 0.3) is 11.8 Å². The third-order valence-corrected chi connectivity index (χ3v) is 5.33. The molecule has 1 aromatic heterocycles. The second-order valence-electron chi connectivity index (χ2n) is 7.69. The molecule has 2 aromatic carbocycles. The second kappa shape index (κ2) is 9.55. The molecule has 3 amide bonds. The first-order valence-electron chi connectivity index (χ1n) is 10.5. The van der Waals surface area contributed by atoms with Gasteiger partial charge < -0.3 is 5.32 Å². The van der Waals surface area contributed by atoms with Crippen LogP contribution in [0.4, 0.5) is 10.2 Å². The first-order valence-corrected chi connectivity index (χ1v) is 10.5. The highest BCUT2D eigenvalue weighted by atomic mass is 19.1. The average molecular weight is 434 g/mol. The normalized spacial score (nSPS) is 12.8. The summed E-state index contributed by atoms with van der Waals surface area (Å²) in [5.74, 6) is -0.467. The summed E-state index contributed by atoms with van der Waals surface area (Å²) < 4.78 is 14.7. The molecule has 0 fully saturated rings. The van der Waals surface area contributed by atoms with E-state index in [1.807, 2.05) is 0 Å². The van der Waals surface area contributed by atoms with Crippen LogP contribution in [-0.2, 0) is 11.3 Å². The van der Waals surface area contributed by atoms with Gasteiger partial charge in [0.2, 0.25) is 5.91 Å². The monoisotopic (exact) mass is 434 g/mol. The van der Waals surface area contributed by atoms with Crippen molar-refractivity contribution in [2.75, 3.05) is 11.9 Å². The first-order chi connectivity index (χ1) is 15.5. The number of aromatic nitrogens is 2. The highest BCUT2D eigenvalue weighted by Gasteiger charge is 2.34. The minimum absolute atomic E-state index is 0.141. The Bertz CT molecular complexity index is 1110. The Hall–Kier alpha value is -3.81. The number of hydrogen-bond donors (Lipinski definition) is 1. The Labute approximate surface area is 184 Å². The number of carbonyl (C=O) groups excluding carboxylic acids is 3. The number of imide groups is 1. The van der Waals surface area contributed by atoms with Crippen molar-refractivity contribution in [2.45, 2.75) is 32.2 Å². The summed E-state index contributed by atoms with van der Waals surface area (Å²) in [7, 11) is 0. The SMILES string of the molecule is O=C(CCCCCN1C(=O)c2ccccc2C1=O)Nc1ccn(Cc2ccc(F)cc2)n1. The zero-order chi connectivity index (χ0) is 22.5. The van der Waals surface area contributed by atoms with Gasteiger partial charge in [-0.3, -0.25) is 24.0 Å². The Kier molecular flexibility index (Phi) is 6.39. The number of benzene rings is 2. The molecule has 32 heavy (non-hydrogen) atoms. The van der Waals surface area contributed by atoms with Crippen molar-refractivity contribution in [1.82, 2.24) is 14.7 Å². The minimum Gasteiger partial charge on any atom is -0.309 e. The fourth-order valence-corrected chi connectivity index (χ4v) is 3.67. The number of carbonyl (C=O) groups is 3. The van der Waals surface area contributed by atoms with Crippen molar-refractivity contribution < 1.29 is 18.8 Å². The molecule has 0 atom stereocenters. The van der Waals surface area contributed by atoms with E-state index in [0.717, 1.165) is 12.0 Å². The zero-order valence-corrected chi connectivity index (χ0v) is 17.5. The topological polar surface area (TPSA) is 84.3 Å². The van der Waals surface area contributed by atoms with E-state index in [9.17, 15) is 18.8 Å². The molecular weight excluding hydrogens is 411 g/mol. The second-order valence-corrected chi connectivity index (χ2v) is 7.69. The van der Waals surface area contributed by atoms with Gasteiger partial charge in [-0.15, -0.1) is 0 Å². The van der Waals surface area contributed by atoms with Crippen LogP contribution in [0.3, 0.4) is 0 Å². The van der Waals surface area contributed by atoms with Crippen LogP contribution in [-0.4, -0.2) is 38.9 Å². The summed E-state index contributed by atoms with van der Waals surface area (Å²) >= 11 is 0. The molecule has 164 valence electrons. The molecule has 1 aliphatic heterocycles. The molecule has 1 aliphatic rings. The predicted octanol–water partition coefficient (Wildman–Crippen LogP) is 3.87. The summed E-state index contributed by atoms with van der Waals surface area (Å²) in [5.41, 5.74) is 1.82. The lowest BCUT2D eigenvalue weighted by Crippen LogP contribution is -2.30. The molecule has 0 radical (unpaired) electrons. The van der Waals surface area contributed by atoms with Crippen molar-refractivity contribution >= 4 is 23.5 Å². The molecule has 0 aliphatic carbocycles. The number of nitrogens with one attached hydrogen (secondary N) is 1. The summed E-state index contributed by atoms with van der Waals surface area (Å²) in [6.45, 7) is 0.829. The van der Waals surface area contributed by atoms with Crippen LogP contribution < -0.4 is 5.32 Å². The van der Waals surface area contributed by atoms with Gasteiger partial charge in [0.15, 0.2) is 5.82 Å². The predicted molar refractivity (Wildman–Crippen MR) is 117 cm³/mol. The van der Waals surface area contributed by atoms with E-state index in [1.54, 1.807) is 53.3 Å². The third-order valence-electron chi connectivity index (χ3n) is 5.33. The van der Waals surface area contributed by atoms with Gasteiger partial charge in [0.1, 0.15) is 5.82 Å². The van der Waals surface area contributed by atoms with E-state index in [2.05, 4.69) is 10.4 Å².